The molecule has 0 aromatic carbocycles. The molecule has 12 N–H and O–H groups in total. The van der Waals surface area contributed by atoms with Crippen LogP contribution in [0, 0.1) is 0 Å². The minimum Gasteiger partial charge on any atom is -0.907 e. The predicted octanol–water partition coefficient (Wildman–Crippen LogP) is -14.0. The van der Waals surface area contributed by atoms with E-state index in [4.69, 9.17) is 79.5 Å². The summed E-state index contributed by atoms with van der Waals surface area (Å²) in [5.74, 6) is 0. The second kappa shape index (κ2) is 31.3. The van der Waals surface area contributed by atoms with E-state index in [1.807, 2.05) is 0 Å². The third kappa shape index (κ3) is 4750. The molecule has 0 fully saturated rings. The Balaban J connectivity index is -0.0000000273. The molecular formula is H12B4NaO16PZn. The summed E-state index contributed by atoms with van der Waals surface area (Å²) in [6.45, 7) is 0. The van der Waals surface area contributed by atoms with E-state index in [-0.39, 0.29) is 49.0 Å². The molecule has 0 aliphatic rings. The number of phosphoric acid groups is 1. The van der Waals surface area contributed by atoms with Crippen molar-refractivity contribution in [2.75, 3.05) is 0 Å². The van der Waals surface area contributed by atoms with Crippen LogP contribution >= 0.6 is 7.82 Å². The molecule has 0 rings (SSSR count). The summed E-state index contributed by atoms with van der Waals surface area (Å²) in [4.78, 5) is 21.6. The molecule has 0 aromatic rings. The maximum Gasteiger partial charge on any atom is 2.00 e. The van der Waals surface area contributed by atoms with Crippen molar-refractivity contribution in [2.45, 2.75) is 0 Å². The van der Waals surface area contributed by atoms with Crippen LogP contribution in [-0.4, -0.2) is 89.2 Å². The van der Waals surface area contributed by atoms with Crippen molar-refractivity contribution in [2.24, 2.45) is 0 Å². The Kier molecular flexibility index (Phi) is 60.1. The van der Waals surface area contributed by atoms with E-state index >= 15 is 0 Å². The van der Waals surface area contributed by atoms with E-state index in [0.717, 1.165) is 0 Å². The zero-order valence-corrected chi connectivity index (χ0v) is 17.3. The summed E-state index contributed by atoms with van der Waals surface area (Å²) in [6, 6.07) is 0. The third-order valence-corrected chi connectivity index (χ3v) is 0. The average Bonchev–Trinajstić information content (AvgIpc) is 1.91. The Morgan fingerprint density at radius 2 is 0.609 bits per heavy atom. The molecule has 0 aromatic heterocycles. The van der Waals surface area contributed by atoms with Gasteiger partial charge in [0.05, 0.1) is 0 Å². The van der Waals surface area contributed by atoms with Crippen molar-refractivity contribution in [1.29, 1.82) is 0 Å². The number of rotatable bonds is 0. The fraction of sp³-hybridized carbons (Fsp3) is 0. The molecule has 0 spiro atoms. The summed E-state index contributed by atoms with van der Waals surface area (Å²) in [7, 11) is -14.1. The first-order valence-electron chi connectivity index (χ1n) is 3.81. The average molecular weight is 431 g/mol. The molecule has 0 saturated heterocycles. The largest absolute Gasteiger partial charge is 2.00 e. The van der Waals surface area contributed by atoms with Crippen LogP contribution in [0.5, 0.6) is 0 Å². The maximum absolute atomic E-state index is 8.88. The van der Waals surface area contributed by atoms with Gasteiger partial charge in [-0.3, -0.25) is 7.32 Å². The van der Waals surface area contributed by atoms with Gasteiger partial charge in [0.2, 0.25) is 0 Å². The van der Waals surface area contributed by atoms with Gasteiger partial charge in [-0.1, -0.05) is 0 Å². The van der Waals surface area contributed by atoms with Crippen LogP contribution in [0.25, 0.3) is 0 Å². The van der Waals surface area contributed by atoms with Gasteiger partial charge in [0.1, 0.15) is 0 Å². The van der Waals surface area contributed by atoms with Crippen LogP contribution in [0.4, 0.5) is 0 Å². The van der Waals surface area contributed by atoms with Crippen molar-refractivity contribution >= 4 is 37.1 Å². The molecule has 0 aliphatic heterocycles. The Morgan fingerprint density at radius 1 is 0.609 bits per heavy atom. The fourth-order valence-electron chi connectivity index (χ4n) is 0. The molecule has 16 nitrogen and oxygen atoms in total. The molecule has 0 atom stereocenters. The molecule has 0 unspecified atom stereocenters. The van der Waals surface area contributed by atoms with Crippen LogP contribution < -0.4 is 44.6 Å². The van der Waals surface area contributed by atoms with E-state index in [1.165, 1.54) is 0 Å². The standard InChI is InChI=1S/3BH3O3.BO3.Na.H3O4P.Zn/c4*2-1(3)4;;1-5(2,3)4;/h3*2-4H;;;(H3,1,2,3,4);/q;;;-3;+1;;+2. The maximum atomic E-state index is 8.88. The van der Waals surface area contributed by atoms with Gasteiger partial charge >= 0.3 is 78.8 Å². The Bertz CT molecular complexity index is 165. The third-order valence-electron chi connectivity index (χ3n) is 0. The molecule has 23 heteroatoms. The quantitative estimate of drug-likeness (QED) is 0.125. The van der Waals surface area contributed by atoms with Gasteiger partial charge in [0.25, 0.3) is 0 Å². The van der Waals surface area contributed by atoms with Crippen LogP contribution in [0.1, 0.15) is 0 Å². The van der Waals surface area contributed by atoms with Gasteiger partial charge in [-0.25, -0.2) is 4.57 Å². The molecular weight excluding hydrogens is 419 g/mol. The van der Waals surface area contributed by atoms with Crippen LogP contribution in [0.3, 0.4) is 0 Å². The first-order valence-corrected chi connectivity index (χ1v) is 5.38. The minimum atomic E-state index is -4.64. The normalized spacial score (nSPS) is 7.26. The molecule has 23 heavy (non-hydrogen) atoms. The van der Waals surface area contributed by atoms with E-state index < -0.39 is 37.1 Å². The minimum absolute atomic E-state index is 0. The summed E-state index contributed by atoms with van der Waals surface area (Å²) in [5, 5.41) is 89.8. The van der Waals surface area contributed by atoms with Crippen LogP contribution in [-0.2, 0) is 24.0 Å². The summed E-state index contributed by atoms with van der Waals surface area (Å²) in [5.41, 5.74) is 0. The van der Waals surface area contributed by atoms with Crippen molar-refractivity contribution < 1.29 is 129 Å². The van der Waals surface area contributed by atoms with Crippen molar-refractivity contribution in [3.05, 3.63) is 0 Å². The molecule has 0 aliphatic carbocycles. The second-order valence-corrected chi connectivity index (χ2v) is 2.87. The first-order chi connectivity index (χ1) is 8.93. The van der Waals surface area contributed by atoms with Crippen LogP contribution in [0.15, 0.2) is 0 Å². The topological polar surface area (TPSA) is 329 Å². The van der Waals surface area contributed by atoms with E-state index in [1.54, 1.807) is 0 Å². The summed E-state index contributed by atoms with van der Waals surface area (Å²) in [6.07, 6.45) is 0. The van der Waals surface area contributed by atoms with Gasteiger partial charge in [-0.15, -0.1) is 0 Å². The Labute approximate surface area is 165 Å². The number of hydrogen-bond donors (Lipinski definition) is 12. The molecule has 0 bridgehead atoms. The van der Waals surface area contributed by atoms with Crippen LogP contribution in [0.2, 0.25) is 0 Å². The summed E-state index contributed by atoms with van der Waals surface area (Å²) >= 11 is 0. The molecule has 0 amide bonds. The van der Waals surface area contributed by atoms with Gasteiger partial charge in [-0.05, 0) is 0 Å². The predicted molar refractivity (Wildman–Crippen MR) is 57.2 cm³/mol. The van der Waals surface area contributed by atoms with Crippen molar-refractivity contribution in [1.82, 2.24) is 0 Å². The smallest absolute Gasteiger partial charge is 0.907 e. The van der Waals surface area contributed by atoms with Gasteiger partial charge < -0.3 is 75.0 Å². The molecule has 0 radical (unpaired) electrons. The van der Waals surface area contributed by atoms with E-state index in [2.05, 4.69) is 0 Å². The van der Waals surface area contributed by atoms with Crippen molar-refractivity contribution in [3.8, 4) is 0 Å². The first kappa shape index (κ1) is 44.2. The summed E-state index contributed by atoms with van der Waals surface area (Å²) < 4.78 is 8.88. The van der Waals surface area contributed by atoms with Gasteiger partial charge in [0, 0.05) is 0 Å². The van der Waals surface area contributed by atoms with Gasteiger partial charge in [0.15, 0.2) is 0 Å². The molecule has 128 valence electrons. The Morgan fingerprint density at radius 3 is 0.609 bits per heavy atom. The molecule has 0 saturated carbocycles. The second-order valence-electron chi connectivity index (χ2n) is 1.84. The van der Waals surface area contributed by atoms with E-state index in [9.17, 15) is 0 Å². The molecule has 0 heterocycles. The zero-order chi connectivity index (χ0) is 18.8. The van der Waals surface area contributed by atoms with E-state index in [0.29, 0.717) is 0 Å². The fourth-order valence-corrected chi connectivity index (χ4v) is 0. The zero-order valence-electron chi connectivity index (χ0n) is 11.5. The number of hydrogen-bond acceptors (Lipinski definition) is 13. The van der Waals surface area contributed by atoms with Crippen molar-refractivity contribution in [3.63, 3.8) is 0 Å². The monoisotopic (exact) mass is 430 g/mol. The van der Waals surface area contributed by atoms with Gasteiger partial charge in [-0.2, -0.15) is 0 Å². The SMILES string of the molecule is O=P(O)(O)O.OB(O)O.OB(O)O.OB(O)O.[Na+].[O-]B([O-])[O-].[Zn+2]. The Hall–Kier alpha value is 1.51.